The molecule has 0 aromatic heterocycles. The molecule has 1 N–H and O–H groups in total. The number of anilines is 1. The first kappa shape index (κ1) is 27.7. The number of hydrogen-bond donors (Lipinski definition) is 1. The van der Waals surface area contributed by atoms with E-state index >= 15 is 0 Å². The van der Waals surface area contributed by atoms with E-state index in [1.54, 1.807) is 17.0 Å². The van der Waals surface area contributed by atoms with Crippen molar-refractivity contribution in [2.45, 2.75) is 6.42 Å². The van der Waals surface area contributed by atoms with E-state index in [0.29, 0.717) is 40.2 Å². The second kappa shape index (κ2) is 13.5. The predicted octanol–water partition coefficient (Wildman–Crippen LogP) is 6.56. The van der Waals surface area contributed by atoms with E-state index in [-0.39, 0.29) is 18.4 Å². The van der Waals surface area contributed by atoms with Gasteiger partial charge in [-0.25, -0.2) is 4.99 Å². The second-order valence-corrected chi connectivity index (χ2v) is 10.2. The number of nitrogens with one attached hydrogen (secondary N) is 1. The number of rotatable bonds is 10. The first-order valence-corrected chi connectivity index (χ1v) is 14.0. The highest BCUT2D eigenvalue weighted by molar-refractivity contribution is 8.18. The van der Waals surface area contributed by atoms with Crippen molar-refractivity contribution >= 4 is 46.2 Å². The lowest BCUT2D eigenvalue weighted by atomic mass is 10.1. The molecule has 1 saturated heterocycles. The Morgan fingerprint density at radius 3 is 2.29 bits per heavy atom. The van der Waals surface area contributed by atoms with Gasteiger partial charge >= 0.3 is 0 Å². The molecule has 8 heteroatoms. The summed E-state index contributed by atoms with van der Waals surface area (Å²) in [6.07, 6.45) is 2.54. The van der Waals surface area contributed by atoms with Gasteiger partial charge in [-0.2, -0.15) is 0 Å². The minimum absolute atomic E-state index is 0.0995. The molecular weight excluding hydrogens is 534 g/mol. The van der Waals surface area contributed by atoms with Crippen molar-refractivity contribution in [3.63, 3.8) is 0 Å². The standard InChI is InChI=1S/C33H29N3O4S/c1-39-29-21-25(17-18-28(29)40-23-31(37)34-26-13-7-3-8-14-26)22-30-32(38)36(20-19-24-11-5-2-6-12-24)33(41-30)35-27-15-9-4-10-16-27/h2-18,21-22H,19-20,23H2,1H3,(H,34,37)/b30-22+,35-33?. The Bertz CT molecular complexity index is 1560. The molecule has 1 aliphatic rings. The molecule has 0 aliphatic carbocycles. The van der Waals surface area contributed by atoms with Crippen molar-refractivity contribution < 1.29 is 19.1 Å². The molecule has 0 spiro atoms. The van der Waals surface area contributed by atoms with E-state index in [1.807, 2.05) is 91.0 Å². The summed E-state index contributed by atoms with van der Waals surface area (Å²) in [5.74, 6) is 0.510. The number of benzene rings is 4. The molecule has 0 bridgehead atoms. The summed E-state index contributed by atoms with van der Waals surface area (Å²) in [7, 11) is 1.54. The topological polar surface area (TPSA) is 80.2 Å². The van der Waals surface area contributed by atoms with Crippen LogP contribution in [0, 0.1) is 0 Å². The fourth-order valence-electron chi connectivity index (χ4n) is 4.19. The van der Waals surface area contributed by atoms with Crippen LogP contribution in [0.5, 0.6) is 11.5 Å². The molecule has 0 saturated carbocycles. The Kier molecular flexibility index (Phi) is 9.13. The summed E-state index contributed by atoms with van der Waals surface area (Å²) in [5.41, 5.74) is 3.40. The summed E-state index contributed by atoms with van der Waals surface area (Å²) in [6, 6.07) is 34.2. The largest absolute Gasteiger partial charge is 0.493 e. The third-order valence-electron chi connectivity index (χ3n) is 6.24. The SMILES string of the molecule is COc1cc(/C=C2/SC(=Nc3ccccc3)N(CCc3ccccc3)C2=O)ccc1OCC(=O)Nc1ccccc1. The van der Waals surface area contributed by atoms with E-state index in [1.165, 1.54) is 18.9 Å². The summed E-state index contributed by atoms with van der Waals surface area (Å²) < 4.78 is 11.3. The molecule has 0 atom stereocenters. The van der Waals surface area contributed by atoms with E-state index in [0.717, 1.165) is 16.8 Å². The number of carbonyl (C=O) groups excluding carboxylic acids is 2. The third-order valence-corrected chi connectivity index (χ3v) is 7.24. The molecule has 2 amide bonds. The van der Waals surface area contributed by atoms with Gasteiger partial charge in [-0.1, -0.05) is 72.8 Å². The molecule has 5 rings (SSSR count). The lowest BCUT2D eigenvalue weighted by Crippen LogP contribution is -2.31. The van der Waals surface area contributed by atoms with Crippen LogP contribution in [0.1, 0.15) is 11.1 Å². The zero-order valence-corrected chi connectivity index (χ0v) is 23.3. The van der Waals surface area contributed by atoms with E-state index < -0.39 is 0 Å². The Labute approximate surface area is 243 Å². The molecule has 0 unspecified atom stereocenters. The first-order chi connectivity index (χ1) is 20.1. The van der Waals surface area contributed by atoms with Gasteiger partial charge in [0.15, 0.2) is 23.3 Å². The molecule has 41 heavy (non-hydrogen) atoms. The van der Waals surface area contributed by atoms with Crippen LogP contribution in [0.15, 0.2) is 119 Å². The van der Waals surface area contributed by atoms with Crippen molar-refractivity contribution in [2.24, 2.45) is 4.99 Å². The molecule has 206 valence electrons. The van der Waals surface area contributed by atoms with Gasteiger partial charge in [0.1, 0.15) is 0 Å². The van der Waals surface area contributed by atoms with Crippen LogP contribution in [0.25, 0.3) is 6.08 Å². The van der Waals surface area contributed by atoms with Crippen LogP contribution in [0.3, 0.4) is 0 Å². The lowest BCUT2D eigenvalue weighted by Gasteiger charge is -2.15. The van der Waals surface area contributed by atoms with Crippen LogP contribution < -0.4 is 14.8 Å². The van der Waals surface area contributed by atoms with E-state index in [2.05, 4.69) is 17.4 Å². The number of amides is 2. The summed E-state index contributed by atoms with van der Waals surface area (Å²) in [6.45, 7) is 0.343. The molecule has 1 fully saturated rings. The van der Waals surface area contributed by atoms with Gasteiger partial charge in [-0.05, 0) is 71.8 Å². The number of hydrogen-bond acceptors (Lipinski definition) is 6. The number of carbonyl (C=O) groups is 2. The Balaban J connectivity index is 1.32. The minimum Gasteiger partial charge on any atom is -0.493 e. The number of ether oxygens (including phenoxy) is 2. The van der Waals surface area contributed by atoms with Crippen molar-refractivity contribution in [1.82, 2.24) is 4.90 Å². The number of para-hydroxylation sites is 2. The maximum absolute atomic E-state index is 13.5. The summed E-state index contributed by atoms with van der Waals surface area (Å²) >= 11 is 1.35. The van der Waals surface area contributed by atoms with Crippen LogP contribution in [-0.2, 0) is 16.0 Å². The normalized spacial score (nSPS) is 14.9. The van der Waals surface area contributed by atoms with Crippen LogP contribution in [0.2, 0.25) is 0 Å². The van der Waals surface area contributed by atoms with Crippen molar-refractivity contribution in [3.05, 3.63) is 125 Å². The Morgan fingerprint density at radius 2 is 1.59 bits per heavy atom. The second-order valence-electron chi connectivity index (χ2n) is 9.15. The molecule has 4 aromatic carbocycles. The third kappa shape index (κ3) is 7.43. The number of aliphatic imine (C=N–C) groups is 1. The zero-order valence-electron chi connectivity index (χ0n) is 22.5. The van der Waals surface area contributed by atoms with Crippen molar-refractivity contribution in [3.8, 4) is 11.5 Å². The monoisotopic (exact) mass is 563 g/mol. The fourth-order valence-corrected chi connectivity index (χ4v) is 5.22. The van der Waals surface area contributed by atoms with Crippen molar-refractivity contribution in [1.29, 1.82) is 0 Å². The van der Waals surface area contributed by atoms with E-state index in [9.17, 15) is 9.59 Å². The van der Waals surface area contributed by atoms with Gasteiger partial charge < -0.3 is 14.8 Å². The summed E-state index contributed by atoms with van der Waals surface area (Å²) in [4.78, 5) is 32.9. The van der Waals surface area contributed by atoms with Crippen molar-refractivity contribution in [2.75, 3.05) is 25.6 Å². The van der Waals surface area contributed by atoms with Crippen LogP contribution in [-0.4, -0.2) is 42.1 Å². The molecule has 1 aliphatic heterocycles. The quantitative estimate of drug-likeness (QED) is 0.221. The summed E-state index contributed by atoms with van der Waals surface area (Å²) in [5, 5.41) is 3.43. The predicted molar refractivity (Wildman–Crippen MR) is 165 cm³/mol. The van der Waals surface area contributed by atoms with Gasteiger partial charge in [0, 0.05) is 12.2 Å². The Hall–Kier alpha value is -4.82. The van der Waals surface area contributed by atoms with Crippen LogP contribution >= 0.6 is 11.8 Å². The van der Waals surface area contributed by atoms with Crippen LogP contribution in [0.4, 0.5) is 11.4 Å². The highest BCUT2D eigenvalue weighted by atomic mass is 32.2. The molecule has 7 nitrogen and oxygen atoms in total. The molecular formula is C33H29N3O4S. The molecule has 4 aromatic rings. The maximum atomic E-state index is 13.5. The zero-order chi connectivity index (χ0) is 28.4. The number of thioether (sulfide) groups is 1. The number of nitrogens with zero attached hydrogens (tertiary/aromatic N) is 2. The lowest BCUT2D eigenvalue weighted by molar-refractivity contribution is -0.122. The van der Waals surface area contributed by atoms with Gasteiger partial charge in [0.2, 0.25) is 0 Å². The van der Waals surface area contributed by atoms with Gasteiger partial charge in [-0.3, -0.25) is 14.5 Å². The first-order valence-electron chi connectivity index (χ1n) is 13.1. The molecule has 0 radical (unpaired) electrons. The highest BCUT2D eigenvalue weighted by Gasteiger charge is 2.33. The number of amidine groups is 1. The average molecular weight is 564 g/mol. The maximum Gasteiger partial charge on any atom is 0.266 e. The minimum atomic E-state index is -0.279. The van der Waals surface area contributed by atoms with Gasteiger partial charge in [0.25, 0.3) is 11.8 Å². The number of methoxy groups -OCH3 is 1. The molecule has 1 heterocycles. The van der Waals surface area contributed by atoms with Gasteiger partial charge in [-0.15, -0.1) is 0 Å². The average Bonchev–Trinajstić information content (AvgIpc) is 3.29. The van der Waals surface area contributed by atoms with Gasteiger partial charge in [0.05, 0.1) is 17.7 Å². The fraction of sp³-hybridized carbons (Fsp3) is 0.121. The van der Waals surface area contributed by atoms with E-state index in [4.69, 9.17) is 14.5 Å². The smallest absolute Gasteiger partial charge is 0.266 e. The highest BCUT2D eigenvalue weighted by Crippen LogP contribution is 2.36. The Morgan fingerprint density at radius 1 is 0.902 bits per heavy atom.